The minimum atomic E-state index is -0.523. The van der Waals surface area contributed by atoms with E-state index >= 15 is 0 Å². The summed E-state index contributed by atoms with van der Waals surface area (Å²) in [6.07, 6.45) is 10.4. The van der Waals surface area contributed by atoms with E-state index in [0.29, 0.717) is 19.5 Å². The Bertz CT molecular complexity index is 1040. The Hall–Kier alpha value is -2.52. The van der Waals surface area contributed by atoms with E-state index in [1.165, 1.54) is 0 Å². The molecular weight excluding hydrogens is 402 g/mol. The van der Waals surface area contributed by atoms with E-state index in [4.69, 9.17) is 20.2 Å². The number of rotatable bonds is 3. The lowest BCUT2D eigenvalue weighted by Crippen LogP contribution is -2.39. The molecule has 0 radical (unpaired) electrons. The van der Waals surface area contributed by atoms with E-state index in [9.17, 15) is 4.79 Å². The summed E-state index contributed by atoms with van der Waals surface area (Å²) in [4.78, 5) is 23.7. The number of carbonyl (C=O) groups is 1. The third-order valence-corrected chi connectivity index (χ3v) is 5.58. The van der Waals surface area contributed by atoms with E-state index in [1.807, 2.05) is 43.8 Å². The fourth-order valence-corrected chi connectivity index (χ4v) is 4.07. The van der Waals surface area contributed by atoms with Gasteiger partial charge in [0.15, 0.2) is 11.9 Å². The number of hydrogen-bond donors (Lipinski definition) is 1. The lowest BCUT2D eigenvalue weighted by atomic mass is 10.1. The van der Waals surface area contributed by atoms with Gasteiger partial charge in [-0.15, -0.1) is 11.8 Å². The summed E-state index contributed by atoms with van der Waals surface area (Å²) in [5.41, 5.74) is 9.93. The number of imidazole rings is 1. The summed E-state index contributed by atoms with van der Waals surface area (Å²) in [5.74, 6) is 0. The molecule has 2 aromatic rings. The Labute approximate surface area is 180 Å². The van der Waals surface area contributed by atoms with Crippen molar-refractivity contribution in [3.8, 4) is 0 Å². The van der Waals surface area contributed by atoms with Crippen LogP contribution in [0.3, 0.4) is 0 Å². The van der Waals surface area contributed by atoms with E-state index in [1.54, 1.807) is 22.9 Å². The van der Waals surface area contributed by atoms with Crippen molar-refractivity contribution in [2.45, 2.75) is 50.5 Å². The Kier molecular flexibility index (Phi) is 5.50. The smallest absolute Gasteiger partial charge is 0.410 e. The maximum atomic E-state index is 12.5. The summed E-state index contributed by atoms with van der Waals surface area (Å²) in [7, 11) is 0. The fourth-order valence-electron chi connectivity index (χ4n) is 3.55. The highest BCUT2D eigenvalue weighted by Crippen LogP contribution is 2.30. The quantitative estimate of drug-likeness (QED) is 0.746. The molecule has 0 spiro atoms. The van der Waals surface area contributed by atoms with E-state index < -0.39 is 5.60 Å². The fraction of sp³-hybridized carbons (Fsp3) is 0.476. The molecule has 1 unspecified atom stereocenters. The Morgan fingerprint density at radius 3 is 2.83 bits per heavy atom. The van der Waals surface area contributed by atoms with Crippen molar-refractivity contribution in [1.82, 2.24) is 19.3 Å². The minimum Gasteiger partial charge on any atom is -0.482 e. The van der Waals surface area contributed by atoms with Gasteiger partial charge in [0.1, 0.15) is 10.6 Å². The van der Waals surface area contributed by atoms with Gasteiger partial charge in [-0.3, -0.25) is 10.1 Å². The second kappa shape index (κ2) is 7.96. The van der Waals surface area contributed by atoms with Crippen LogP contribution >= 0.6 is 11.8 Å². The minimum absolute atomic E-state index is 0.301. The molecule has 0 saturated carbocycles. The van der Waals surface area contributed by atoms with Gasteiger partial charge in [0.2, 0.25) is 0 Å². The van der Waals surface area contributed by atoms with Crippen LogP contribution < -0.4 is 5.73 Å². The van der Waals surface area contributed by atoms with Crippen LogP contribution in [0, 0.1) is 0 Å². The van der Waals surface area contributed by atoms with Gasteiger partial charge in [-0.1, -0.05) is 6.08 Å². The Morgan fingerprint density at radius 1 is 1.37 bits per heavy atom. The summed E-state index contributed by atoms with van der Waals surface area (Å²) >= 11 is 1.55. The number of hydrogen-bond acceptors (Lipinski definition) is 7. The molecule has 9 heteroatoms. The van der Waals surface area contributed by atoms with Gasteiger partial charge in [-0.05, 0) is 39.0 Å². The molecule has 160 valence electrons. The SMILES string of the molecule is CSc1nc(C2=CCCN(C(=O)OC(C)(C)C)C2)cn2c(C3=COC(N)C3)cnc12. The van der Waals surface area contributed by atoms with Crippen LogP contribution in [0.4, 0.5) is 4.79 Å². The molecule has 8 nitrogen and oxygen atoms in total. The monoisotopic (exact) mass is 429 g/mol. The Morgan fingerprint density at radius 2 is 2.17 bits per heavy atom. The van der Waals surface area contributed by atoms with Gasteiger partial charge in [0.05, 0.1) is 30.4 Å². The van der Waals surface area contributed by atoms with Crippen LogP contribution in [0.5, 0.6) is 0 Å². The van der Waals surface area contributed by atoms with Crippen LogP contribution in [0.15, 0.2) is 29.8 Å². The summed E-state index contributed by atoms with van der Waals surface area (Å²) in [5, 5.41) is 0.831. The first-order valence-electron chi connectivity index (χ1n) is 9.95. The predicted octanol–water partition coefficient (Wildman–Crippen LogP) is 3.52. The lowest BCUT2D eigenvalue weighted by molar-refractivity contribution is 0.0273. The van der Waals surface area contributed by atoms with Crippen molar-refractivity contribution in [3.63, 3.8) is 0 Å². The average Bonchev–Trinajstić information content (AvgIpc) is 3.31. The van der Waals surface area contributed by atoms with Crippen LogP contribution in [0.1, 0.15) is 45.0 Å². The van der Waals surface area contributed by atoms with Crippen LogP contribution in [0.2, 0.25) is 0 Å². The van der Waals surface area contributed by atoms with Crippen molar-refractivity contribution in [1.29, 1.82) is 0 Å². The molecule has 2 aliphatic rings. The number of amides is 1. The molecular formula is C21H27N5O3S. The Balaban J connectivity index is 1.67. The number of fused-ring (bicyclic) bond motifs is 1. The number of aromatic nitrogens is 3. The largest absolute Gasteiger partial charge is 0.482 e. The molecule has 4 heterocycles. The van der Waals surface area contributed by atoms with Crippen molar-refractivity contribution >= 4 is 34.6 Å². The molecule has 2 aliphatic heterocycles. The standard InChI is InChI=1S/C21H27N5O3S/c1-21(2,3)29-20(27)25-7-5-6-13(10-25)15-11-26-16(14-8-17(22)28-12-14)9-23-18(26)19(24-15)30-4/h6,9,11-12,17H,5,7-8,10,22H2,1-4H3. The molecule has 0 saturated heterocycles. The average molecular weight is 430 g/mol. The molecule has 0 fully saturated rings. The van der Waals surface area contributed by atoms with Gasteiger partial charge in [0.25, 0.3) is 0 Å². The molecule has 30 heavy (non-hydrogen) atoms. The molecule has 1 atom stereocenters. The molecule has 4 rings (SSSR count). The molecule has 0 aliphatic carbocycles. The first-order valence-corrected chi connectivity index (χ1v) is 11.2. The third-order valence-electron chi connectivity index (χ3n) is 4.92. The summed E-state index contributed by atoms with van der Waals surface area (Å²) in [6, 6.07) is 0. The van der Waals surface area contributed by atoms with Crippen LogP contribution in [-0.4, -0.2) is 56.5 Å². The van der Waals surface area contributed by atoms with E-state index in [0.717, 1.165) is 39.6 Å². The second-order valence-electron chi connectivity index (χ2n) is 8.41. The normalized spacial score (nSPS) is 19.5. The number of nitrogens with two attached hydrogens (primary N) is 1. The zero-order valence-electron chi connectivity index (χ0n) is 17.7. The third kappa shape index (κ3) is 4.17. The summed E-state index contributed by atoms with van der Waals surface area (Å²) < 4.78 is 13.0. The topological polar surface area (TPSA) is 95.0 Å². The van der Waals surface area contributed by atoms with Gasteiger partial charge in [-0.25, -0.2) is 14.8 Å². The van der Waals surface area contributed by atoms with E-state index in [2.05, 4.69) is 11.1 Å². The van der Waals surface area contributed by atoms with Crippen LogP contribution in [0.25, 0.3) is 16.8 Å². The molecule has 2 aromatic heterocycles. The zero-order chi connectivity index (χ0) is 21.5. The van der Waals surface area contributed by atoms with Crippen LogP contribution in [-0.2, 0) is 9.47 Å². The van der Waals surface area contributed by atoms with Gasteiger partial charge in [0, 0.05) is 24.7 Å². The summed E-state index contributed by atoms with van der Waals surface area (Å²) in [6.45, 7) is 6.72. The first-order chi connectivity index (χ1) is 14.2. The van der Waals surface area contributed by atoms with Gasteiger partial charge in [-0.2, -0.15) is 0 Å². The van der Waals surface area contributed by atoms with Crippen molar-refractivity contribution in [3.05, 3.63) is 36.1 Å². The van der Waals surface area contributed by atoms with Crippen molar-refractivity contribution < 1.29 is 14.3 Å². The van der Waals surface area contributed by atoms with Crippen molar-refractivity contribution in [2.24, 2.45) is 5.73 Å². The zero-order valence-corrected chi connectivity index (χ0v) is 18.5. The van der Waals surface area contributed by atoms with E-state index in [-0.39, 0.29) is 12.3 Å². The number of nitrogens with zero attached hydrogens (tertiary/aromatic N) is 4. The molecule has 0 bridgehead atoms. The highest BCUT2D eigenvalue weighted by molar-refractivity contribution is 7.98. The van der Waals surface area contributed by atoms with Crippen molar-refractivity contribution in [2.75, 3.05) is 19.3 Å². The van der Waals surface area contributed by atoms with Gasteiger partial charge >= 0.3 is 6.09 Å². The second-order valence-corrected chi connectivity index (χ2v) is 9.21. The molecule has 2 N–H and O–H groups in total. The highest BCUT2D eigenvalue weighted by Gasteiger charge is 2.26. The maximum absolute atomic E-state index is 12.5. The number of thioether (sulfide) groups is 1. The van der Waals surface area contributed by atoms with Gasteiger partial charge < -0.3 is 14.4 Å². The lowest BCUT2D eigenvalue weighted by Gasteiger charge is -2.30. The maximum Gasteiger partial charge on any atom is 0.410 e. The molecule has 0 aromatic carbocycles. The predicted molar refractivity (Wildman–Crippen MR) is 117 cm³/mol. The number of carbonyl (C=O) groups excluding carboxylic acids is 1. The highest BCUT2D eigenvalue weighted by atomic mass is 32.2. The molecule has 1 amide bonds. The number of ether oxygens (including phenoxy) is 2. The first kappa shape index (κ1) is 20.7.